The molecule has 0 radical (unpaired) electrons. The Bertz CT molecular complexity index is 945. The number of aryl methyl sites for hydroxylation is 1. The number of rotatable bonds is 6. The van der Waals surface area contributed by atoms with Crippen molar-refractivity contribution in [2.24, 2.45) is 0 Å². The third-order valence-electron chi connectivity index (χ3n) is 3.91. The van der Waals surface area contributed by atoms with Gasteiger partial charge in [0.05, 0.1) is 11.8 Å². The van der Waals surface area contributed by atoms with Gasteiger partial charge in [0.15, 0.2) is 5.75 Å². The van der Waals surface area contributed by atoms with E-state index in [0.29, 0.717) is 30.0 Å². The highest BCUT2D eigenvalue weighted by Crippen LogP contribution is 2.27. The molecule has 6 heteroatoms. The molecule has 0 bridgehead atoms. The molecule has 2 aromatic carbocycles. The van der Waals surface area contributed by atoms with E-state index in [4.69, 9.17) is 16.3 Å². The number of carbonyl (C=O) groups is 1. The predicted molar refractivity (Wildman–Crippen MR) is 103 cm³/mol. The number of nitrogens with one attached hydrogen (secondary N) is 1. The second kappa shape index (κ2) is 8.64. The molecule has 0 spiro atoms. The lowest BCUT2D eigenvalue weighted by molar-refractivity contribution is 0.0951. The SMILES string of the molecule is Cc1cccc(Oc2cnc(Cl)cc2C(=O)NCCc2ccc(F)cc2)c1. The predicted octanol–water partition coefficient (Wildman–Crippen LogP) is 4.95. The maximum atomic E-state index is 12.9. The van der Waals surface area contributed by atoms with Gasteiger partial charge >= 0.3 is 0 Å². The van der Waals surface area contributed by atoms with Gasteiger partial charge in [-0.25, -0.2) is 9.37 Å². The largest absolute Gasteiger partial charge is 0.455 e. The van der Waals surface area contributed by atoms with Crippen molar-refractivity contribution in [3.63, 3.8) is 0 Å². The van der Waals surface area contributed by atoms with Gasteiger partial charge in [0.2, 0.25) is 0 Å². The summed E-state index contributed by atoms with van der Waals surface area (Å²) in [7, 11) is 0. The van der Waals surface area contributed by atoms with Crippen molar-refractivity contribution in [2.45, 2.75) is 13.3 Å². The number of pyridine rings is 1. The Morgan fingerprint density at radius 3 is 2.70 bits per heavy atom. The molecule has 0 aliphatic heterocycles. The number of amides is 1. The fraction of sp³-hybridized carbons (Fsp3) is 0.143. The van der Waals surface area contributed by atoms with Crippen molar-refractivity contribution in [1.29, 1.82) is 0 Å². The Hall–Kier alpha value is -2.92. The third kappa shape index (κ3) is 5.28. The van der Waals surface area contributed by atoms with Crippen LogP contribution in [0.1, 0.15) is 21.5 Å². The van der Waals surface area contributed by atoms with Crippen LogP contribution < -0.4 is 10.1 Å². The van der Waals surface area contributed by atoms with E-state index in [9.17, 15) is 9.18 Å². The van der Waals surface area contributed by atoms with Crippen LogP contribution in [0.5, 0.6) is 11.5 Å². The molecular weight excluding hydrogens is 367 g/mol. The minimum absolute atomic E-state index is 0.204. The zero-order valence-corrected chi connectivity index (χ0v) is 15.5. The van der Waals surface area contributed by atoms with Gasteiger partial charge in [0.1, 0.15) is 16.7 Å². The molecule has 0 aliphatic rings. The molecular formula is C21H18ClFN2O2. The summed E-state index contributed by atoms with van der Waals surface area (Å²) in [4.78, 5) is 16.6. The second-order valence-electron chi connectivity index (χ2n) is 6.05. The van der Waals surface area contributed by atoms with Gasteiger partial charge in [-0.3, -0.25) is 4.79 Å². The zero-order valence-electron chi connectivity index (χ0n) is 14.7. The number of benzene rings is 2. The molecule has 0 fully saturated rings. The number of ether oxygens (including phenoxy) is 1. The van der Waals surface area contributed by atoms with E-state index in [1.807, 2.05) is 25.1 Å². The number of nitrogens with zero attached hydrogens (tertiary/aromatic N) is 1. The smallest absolute Gasteiger partial charge is 0.255 e. The van der Waals surface area contributed by atoms with Crippen molar-refractivity contribution in [3.05, 3.63) is 88.5 Å². The van der Waals surface area contributed by atoms with Crippen LogP contribution >= 0.6 is 11.6 Å². The van der Waals surface area contributed by atoms with Crippen LogP contribution in [-0.4, -0.2) is 17.4 Å². The van der Waals surface area contributed by atoms with E-state index in [-0.39, 0.29) is 16.9 Å². The lowest BCUT2D eigenvalue weighted by atomic mass is 10.1. The van der Waals surface area contributed by atoms with Gasteiger partial charge in [0.25, 0.3) is 5.91 Å². The number of hydrogen-bond donors (Lipinski definition) is 1. The average Bonchev–Trinajstić information content (AvgIpc) is 2.65. The Balaban J connectivity index is 1.69. The summed E-state index contributed by atoms with van der Waals surface area (Å²) in [5.41, 5.74) is 2.27. The first-order valence-corrected chi connectivity index (χ1v) is 8.82. The van der Waals surface area contributed by atoms with E-state index in [1.54, 1.807) is 18.2 Å². The number of halogens is 2. The van der Waals surface area contributed by atoms with Gasteiger partial charge in [0, 0.05) is 6.54 Å². The first-order chi connectivity index (χ1) is 13.0. The Kier molecular flexibility index (Phi) is 6.04. The lowest BCUT2D eigenvalue weighted by Crippen LogP contribution is -2.26. The molecule has 27 heavy (non-hydrogen) atoms. The van der Waals surface area contributed by atoms with Gasteiger partial charge in [-0.05, 0) is 54.8 Å². The summed E-state index contributed by atoms with van der Waals surface area (Å²) < 4.78 is 18.8. The maximum absolute atomic E-state index is 12.9. The molecule has 0 unspecified atom stereocenters. The van der Waals surface area contributed by atoms with Crippen molar-refractivity contribution in [1.82, 2.24) is 10.3 Å². The Labute approximate surface area is 162 Å². The Morgan fingerprint density at radius 2 is 1.96 bits per heavy atom. The Morgan fingerprint density at radius 1 is 1.19 bits per heavy atom. The van der Waals surface area contributed by atoms with Crippen LogP contribution in [0.3, 0.4) is 0 Å². The van der Waals surface area contributed by atoms with E-state index in [2.05, 4.69) is 10.3 Å². The van der Waals surface area contributed by atoms with E-state index >= 15 is 0 Å². The highest BCUT2D eigenvalue weighted by atomic mass is 35.5. The van der Waals surface area contributed by atoms with Crippen LogP contribution in [0.2, 0.25) is 5.15 Å². The van der Waals surface area contributed by atoms with Crippen LogP contribution in [0, 0.1) is 12.7 Å². The summed E-state index contributed by atoms with van der Waals surface area (Å²) in [5.74, 6) is 0.333. The van der Waals surface area contributed by atoms with Crippen LogP contribution in [0.4, 0.5) is 4.39 Å². The van der Waals surface area contributed by atoms with Gasteiger partial charge in [-0.2, -0.15) is 0 Å². The van der Waals surface area contributed by atoms with E-state index in [1.165, 1.54) is 24.4 Å². The standard InChI is InChI=1S/C21H18ClFN2O2/c1-14-3-2-4-17(11-14)27-19-13-25-20(22)12-18(19)21(26)24-10-9-15-5-7-16(23)8-6-15/h2-8,11-13H,9-10H2,1H3,(H,24,26). The van der Waals surface area contributed by atoms with E-state index in [0.717, 1.165) is 11.1 Å². The molecule has 1 N–H and O–H groups in total. The quantitative estimate of drug-likeness (QED) is 0.612. The molecule has 0 saturated heterocycles. The first-order valence-electron chi connectivity index (χ1n) is 8.44. The average molecular weight is 385 g/mol. The monoisotopic (exact) mass is 384 g/mol. The molecule has 1 aromatic heterocycles. The minimum atomic E-state index is -0.316. The summed E-state index contributed by atoms with van der Waals surface area (Å²) in [6.45, 7) is 2.35. The number of carbonyl (C=O) groups excluding carboxylic acids is 1. The van der Waals surface area contributed by atoms with Crippen LogP contribution in [-0.2, 0) is 6.42 Å². The fourth-order valence-corrected chi connectivity index (χ4v) is 2.71. The lowest BCUT2D eigenvalue weighted by Gasteiger charge is -2.12. The molecule has 1 amide bonds. The normalized spacial score (nSPS) is 10.5. The molecule has 3 aromatic rings. The molecule has 0 saturated carbocycles. The van der Waals surface area contributed by atoms with Crippen molar-refractivity contribution >= 4 is 17.5 Å². The molecule has 138 valence electrons. The van der Waals surface area contributed by atoms with Crippen LogP contribution in [0.25, 0.3) is 0 Å². The van der Waals surface area contributed by atoms with Crippen molar-refractivity contribution in [3.8, 4) is 11.5 Å². The van der Waals surface area contributed by atoms with Crippen molar-refractivity contribution < 1.29 is 13.9 Å². The fourth-order valence-electron chi connectivity index (χ4n) is 2.55. The number of aromatic nitrogens is 1. The summed E-state index contributed by atoms with van der Waals surface area (Å²) >= 11 is 5.95. The molecule has 0 atom stereocenters. The molecule has 0 aliphatic carbocycles. The highest BCUT2D eigenvalue weighted by molar-refractivity contribution is 6.29. The summed E-state index contributed by atoms with van der Waals surface area (Å²) in [6, 6.07) is 15.1. The summed E-state index contributed by atoms with van der Waals surface area (Å²) in [5, 5.41) is 3.03. The minimum Gasteiger partial charge on any atom is -0.455 e. The van der Waals surface area contributed by atoms with E-state index < -0.39 is 0 Å². The second-order valence-corrected chi connectivity index (χ2v) is 6.44. The molecule has 4 nitrogen and oxygen atoms in total. The summed E-state index contributed by atoms with van der Waals surface area (Å²) in [6.07, 6.45) is 2.01. The number of hydrogen-bond acceptors (Lipinski definition) is 3. The highest BCUT2D eigenvalue weighted by Gasteiger charge is 2.15. The first kappa shape index (κ1) is 18.9. The maximum Gasteiger partial charge on any atom is 0.255 e. The van der Waals surface area contributed by atoms with Crippen LogP contribution in [0.15, 0.2) is 60.8 Å². The van der Waals surface area contributed by atoms with Gasteiger partial charge in [-0.1, -0.05) is 35.9 Å². The van der Waals surface area contributed by atoms with Crippen molar-refractivity contribution in [2.75, 3.05) is 6.54 Å². The molecule has 1 heterocycles. The third-order valence-corrected chi connectivity index (χ3v) is 4.12. The van der Waals surface area contributed by atoms with Gasteiger partial charge in [-0.15, -0.1) is 0 Å². The topological polar surface area (TPSA) is 51.2 Å². The van der Waals surface area contributed by atoms with Gasteiger partial charge < -0.3 is 10.1 Å². The zero-order chi connectivity index (χ0) is 19.2. The molecule has 3 rings (SSSR count).